The van der Waals surface area contributed by atoms with E-state index in [2.05, 4.69) is 10.6 Å². The summed E-state index contributed by atoms with van der Waals surface area (Å²) in [6, 6.07) is 7.93. The van der Waals surface area contributed by atoms with Gasteiger partial charge in [0, 0.05) is 32.7 Å². The van der Waals surface area contributed by atoms with Crippen LogP contribution >= 0.6 is 0 Å². The molecule has 0 aromatic heterocycles. The fourth-order valence-corrected chi connectivity index (χ4v) is 3.72. The van der Waals surface area contributed by atoms with Crippen LogP contribution in [-0.2, 0) is 20.9 Å². The largest absolute Gasteiger partial charge is 0.490 e. The Morgan fingerprint density at radius 3 is 2.41 bits per heavy atom. The number of carboxylic acids is 1. The van der Waals surface area contributed by atoms with Crippen LogP contribution < -0.4 is 10.6 Å². The maximum absolute atomic E-state index is 12.6. The van der Waals surface area contributed by atoms with E-state index in [1.165, 1.54) is 0 Å². The molecule has 3 amide bonds. The van der Waals surface area contributed by atoms with Gasteiger partial charge in [0.25, 0.3) is 0 Å². The maximum atomic E-state index is 12.6. The van der Waals surface area contributed by atoms with Crippen molar-refractivity contribution in [3.8, 4) is 0 Å². The van der Waals surface area contributed by atoms with E-state index in [0.717, 1.165) is 17.7 Å². The lowest BCUT2D eigenvalue weighted by atomic mass is 9.99. The Balaban J connectivity index is 0.000000509. The zero-order valence-electron chi connectivity index (χ0n) is 19.4. The molecule has 1 aromatic rings. The van der Waals surface area contributed by atoms with Gasteiger partial charge in [-0.15, -0.1) is 0 Å². The van der Waals surface area contributed by atoms with Crippen LogP contribution in [0.4, 0.5) is 18.0 Å². The van der Waals surface area contributed by atoms with Gasteiger partial charge in [-0.2, -0.15) is 13.2 Å². The average Bonchev–Trinajstić information content (AvgIpc) is 3.05. The number of fused-ring (bicyclic) bond motifs is 2. The summed E-state index contributed by atoms with van der Waals surface area (Å²) < 4.78 is 37.7. The summed E-state index contributed by atoms with van der Waals surface area (Å²) in [6.45, 7) is 4.98. The number of likely N-dealkylation sites (N-methyl/N-ethyl adjacent to an activating group) is 1. The van der Waals surface area contributed by atoms with Gasteiger partial charge in [0.2, 0.25) is 5.91 Å². The van der Waals surface area contributed by atoms with Crippen LogP contribution in [-0.4, -0.2) is 91.5 Å². The van der Waals surface area contributed by atoms with Gasteiger partial charge in [-0.05, 0) is 38.6 Å². The number of halogens is 3. The summed E-state index contributed by atoms with van der Waals surface area (Å²) in [6.07, 6.45) is -4.68. The van der Waals surface area contributed by atoms with Crippen molar-refractivity contribution in [1.82, 2.24) is 20.4 Å². The molecule has 0 saturated carbocycles. The van der Waals surface area contributed by atoms with Gasteiger partial charge >= 0.3 is 18.2 Å². The molecule has 9 nitrogen and oxygen atoms in total. The minimum atomic E-state index is -5.08. The number of likely N-dealkylation sites (tertiary alicyclic amines) is 1. The molecule has 2 saturated heterocycles. The Labute approximate surface area is 196 Å². The summed E-state index contributed by atoms with van der Waals surface area (Å²) in [5.74, 6) is -2.90. The van der Waals surface area contributed by atoms with E-state index >= 15 is 0 Å². The Morgan fingerprint density at radius 1 is 1.18 bits per heavy atom. The van der Waals surface area contributed by atoms with Crippen molar-refractivity contribution in [2.75, 3.05) is 40.3 Å². The SMILES string of the molecule is Cc1ccccc1CNC(=O)N1CC2CC(C(=O)NCCN(C)C)C(C1)O2.O=C(O)C(F)(F)F. The molecule has 3 unspecified atom stereocenters. The number of hydrogen-bond donors (Lipinski definition) is 3. The first-order valence-corrected chi connectivity index (χ1v) is 10.8. The number of nitrogens with one attached hydrogen (secondary N) is 2. The molecule has 2 aliphatic rings. The van der Waals surface area contributed by atoms with Crippen molar-refractivity contribution >= 4 is 17.9 Å². The number of morpholine rings is 1. The summed E-state index contributed by atoms with van der Waals surface area (Å²) >= 11 is 0. The third-order valence-corrected chi connectivity index (χ3v) is 5.57. The molecule has 2 aliphatic heterocycles. The fourth-order valence-electron chi connectivity index (χ4n) is 3.72. The molecular weight excluding hydrogens is 457 g/mol. The summed E-state index contributed by atoms with van der Waals surface area (Å²) in [5, 5.41) is 13.1. The Morgan fingerprint density at radius 2 is 1.82 bits per heavy atom. The Kier molecular flexibility index (Phi) is 9.68. The monoisotopic (exact) mass is 488 g/mol. The number of aliphatic carboxylic acids is 1. The lowest BCUT2D eigenvalue weighted by molar-refractivity contribution is -0.192. The molecule has 3 N–H and O–H groups in total. The lowest BCUT2D eigenvalue weighted by Crippen LogP contribution is -2.51. The Hall–Kier alpha value is -2.86. The highest BCUT2D eigenvalue weighted by molar-refractivity contribution is 5.80. The van der Waals surface area contributed by atoms with Gasteiger partial charge in [0.05, 0.1) is 18.1 Å². The topological polar surface area (TPSA) is 111 Å². The van der Waals surface area contributed by atoms with Crippen LogP contribution in [0.1, 0.15) is 17.5 Å². The number of amides is 3. The van der Waals surface area contributed by atoms with Gasteiger partial charge in [-0.1, -0.05) is 24.3 Å². The van der Waals surface area contributed by atoms with Gasteiger partial charge in [-0.25, -0.2) is 9.59 Å². The van der Waals surface area contributed by atoms with Crippen molar-refractivity contribution in [1.29, 1.82) is 0 Å². The zero-order valence-corrected chi connectivity index (χ0v) is 19.4. The second-order valence-corrected chi connectivity index (χ2v) is 8.53. The van der Waals surface area contributed by atoms with E-state index in [0.29, 0.717) is 32.6 Å². The summed E-state index contributed by atoms with van der Waals surface area (Å²) in [7, 11) is 3.95. The normalized spacial score (nSPS) is 21.5. The van der Waals surface area contributed by atoms with Crippen molar-refractivity contribution in [3.63, 3.8) is 0 Å². The van der Waals surface area contributed by atoms with Crippen molar-refractivity contribution in [3.05, 3.63) is 35.4 Å². The number of carbonyl (C=O) groups is 3. The first-order valence-electron chi connectivity index (χ1n) is 10.8. The summed E-state index contributed by atoms with van der Waals surface area (Å²) in [4.78, 5) is 37.8. The molecular formula is C22H31F3N4O5. The van der Waals surface area contributed by atoms with Crippen molar-refractivity contribution < 1.29 is 37.4 Å². The zero-order chi connectivity index (χ0) is 25.5. The number of ether oxygens (including phenoxy) is 1. The number of carboxylic acid groups (broad SMARTS) is 1. The van der Waals surface area contributed by atoms with Gasteiger partial charge in [0.1, 0.15) is 0 Å². The number of benzene rings is 1. The van der Waals surface area contributed by atoms with Crippen LogP contribution in [0.15, 0.2) is 24.3 Å². The molecule has 2 heterocycles. The maximum Gasteiger partial charge on any atom is 0.490 e. The van der Waals surface area contributed by atoms with Gasteiger partial charge in [0.15, 0.2) is 0 Å². The predicted octanol–water partition coefficient (Wildman–Crippen LogP) is 1.61. The van der Waals surface area contributed by atoms with Gasteiger partial charge in [-0.3, -0.25) is 4.79 Å². The molecule has 12 heteroatoms. The second kappa shape index (κ2) is 12.0. The van der Waals surface area contributed by atoms with E-state index < -0.39 is 12.1 Å². The van der Waals surface area contributed by atoms with Crippen LogP contribution in [0.5, 0.6) is 0 Å². The van der Waals surface area contributed by atoms with Crippen molar-refractivity contribution in [2.45, 2.75) is 38.3 Å². The number of hydrogen-bond acceptors (Lipinski definition) is 5. The highest BCUT2D eigenvalue weighted by Crippen LogP contribution is 2.32. The number of aryl methyl sites for hydroxylation is 1. The first kappa shape index (κ1) is 27.4. The van der Waals surface area contributed by atoms with E-state index in [1.54, 1.807) is 4.90 Å². The standard InChI is InChI=1S/C20H30N4O3.C2HF3O2/c1-14-6-4-5-7-15(14)11-22-20(26)24-12-16-10-17(18(13-24)27-16)19(25)21-8-9-23(2)3;3-2(4,5)1(6)7/h4-7,16-18H,8-13H2,1-3H3,(H,21,25)(H,22,26);(H,6,7). The minimum absolute atomic E-state index is 0.0338. The first-order chi connectivity index (χ1) is 15.9. The lowest BCUT2D eigenvalue weighted by Gasteiger charge is -2.32. The minimum Gasteiger partial charge on any atom is -0.475 e. The molecule has 2 bridgehead atoms. The summed E-state index contributed by atoms with van der Waals surface area (Å²) in [5.41, 5.74) is 2.27. The molecule has 2 fully saturated rings. The molecule has 190 valence electrons. The van der Waals surface area contributed by atoms with Crippen LogP contribution in [0.3, 0.4) is 0 Å². The van der Waals surface area contributed by atoms with E-state index in [9.17, 15) is 22.8 Å². The van der Waals surface area contributed by atoms with E-state index in [1.807, 2.05) is 50.2 Å². The number of rotatable bonds is 6. The van der Waals surface area contributed by atoms with Crippen LogP contribution in [0, 0.1) is 12.8 Å². The number of carbonyl (C=O) groups excluding carboxylic acids is 2. The third-order valence-electron chi connectivity index (χ3n) is 5.57. The molecule has 0 spiro atoms. The van der Waals surface area contributed by atoms with Gasteiger partial charge < -0.3 is 30.3 Å². The molecule has 34 heavy (non-hydrogen) atoms. The molecule has 0 radical (unpaired) electrons. The quantitative estimate of drug-likeness (QED) is 0.561. The molecule has 1 aromatic carbocycles. The fraction of sp³-hybridized carbons (Fsp3) is 0.591. The molecule has 3 rings (SSSR count). The van der Waals surface area contributed by atoms with Crippen LogP contribution in [0.25, 0.3) is 0 Å². The third kappa shape index (κ3) is 8.17. The average molecular weight is 489 g/mol. The van der Waals surface area contributed by atoms with Crippen molar-refractivity contribution in [2.24, 2.45) is 5.92 Å². The number of urea groups is 1. The van der Waals surface area contributed by atoms with E-state index in [4.69, 9.17) is 14.6 Å². The smallest absolute Gasteiger partial charge is 0.475 e. The number of alkyl halides is 3. The second-order valence-electron chi connectivity index (χ2n) is 8.53. The van der Waals surface area contributed by atoms with Crippen LogP contribution in [0.2, 0.25) is 0 Å². The predicted molar refractivity (Wildman–Crippen MR) is 117 cm³/mol. The number of nitrogens with zero attached hydrogens (tertiary/aromatic N) is 2. The highest BCUT2D eigenvalue weighted by atomic mass is 19.4. The van der Waals surface area contributed by atoms with E-state index in [-0.39, 0.29) is 30.1 Å². The molecule has 3 atom stereocenters. The highest BCUT2D eigenvalue weighted by Gasteiger charge is 2.45. The molecule has 0 aliphatic carbocycles. The Bertz CT molecular complexity index is 865.